The van der Waals surface area contributed by atoms with E-state index >= 15 is 0 Å². The SMILES string of the molecule is C=C(C)C(C)CCC(C)N1CCC[C@H]1CCOCc1ccccc1. The van der Waals surface area contributed by atoms with E-state index in [0.29, 0.717) is 18.0 Å². The number of nitrogens with zero attached hydrogens (tertiary/aromatic N) is 1. The van der Waals surface area contributed by atoms with Gasteiger partial charge in [-0.25, -0.2) is 0 Å². The fourth-order valence-electron chi connectivity index (χ4n) is 3.64. The van der Waals surface area contributed by atoms with Crippen LogP contribution in [0.25, 0.3) is 0 Å². The molecule has 0 bridgehead atoms. The van der Waals surface area contributed by atoms with Crippen LogP contribution in [0.4, 0.5) is 0 Å². The van der Waals surface area contributed by atoms with Gasteiger partial charge in [-0.15, -0.1) is 0 Å². The highest BCUT2D eigenvalue weighted by Gasteiger charge is 2.28. The largest absolute Gasteiger partial charge is 0.377 e. The van der Waals surface area contributed by atoms with E-state index in [9.17, 15) is 0 Å². The van der Waals surface area contributed by atoms with Crippen LogP contribution in [0.1, 0.15) is 58.4 Å². The van der Waals surface area contributed by atoms with E-state index in [1.807, 2.05) is 0 Å². The van der Waals surface area contributed by atoms with Gasteiger partial charge in [0.1, 0.15) is 0 Å². The first-order chi connectivity index (χ1) is 11.6. The van der Waals surface area contributed by atoms with Crippen molar-refractivity contribution in [1.82, 2.24) is 4.90 Å². The van der Waals surface area contributed by atoms with Gasteiger partial charge in [-0.2, -0.15) is 0 Å². The highest BCUT2D eigenvalue weighted by Crippen LogP contribution is 2.26. The molecule has 24 heavy (non-hydrogen) atoms. The maximum Gasteiger partial charge on any atom is 0.0716 e. The van der Waals surface area contributed by atoms with Crippen LogP contribution < -0.4 is 0 Å². The molecule has 0 radical (unpaired) electrons. The third-order valence-electron chi connectivity index (χ3n) is 5.55. The lowest BCUT2D eigenvalue weighted by Gasteiger charge is -2.31. The first kappa shape index (κ1) is 19.2. The van der Waals surface area contributed by atoms with E-state index in [2.05, 4.69) is 62.6 Å². The number of hydrogen-bond acceptors (Lipinski definition) is 2. The van der Waals surface area contributed by atoms with Crippen LogP contribution in [0, 0.1) is 5.92 Å². The Morgan fingerprint density at radius 2 is 2.00 bits per heavy atom. The second-order valence-corrected chi connectivity index (χ2v) is 7.53. The molecule has 1 aliphatic heterocycles. The molecule has 1 aromatic rings. The molecule has 0 aliphatic carbocycles. The highest BCUT2D eigenvalue weighted by molar-refractivity contribution is 5.13. The van der Waals surface area contributed by atoms with Crippen molar-refractivity contribution in [3.63, 3.8) is 0 Å². The zero-order chi connectivity index (χ0) is 17.4. The predicted octanol–water partition coefficient (Wildman–Crippen LogP) is 5.44. The van der Waals surface area contributed by atoms with Crippen molar-refractivity contribution >= 4 is 0 Å². The lowest BCUT2D eigenvalue weighted by molar-refractivity contribution is 0.0866. The van der Waals surface area contributed by atoms with Crippen LogP contribution in [-0.2, 0) is 11.3 Å². The van der Waals surface area contributed by atoms with E-state index in [1.165, 1.54) is 43.4 Å². The molecule has 2 nitrogen and oxygen atoms in total. The van der Waals surface area contributed by atoms with Crippen LogP contribution in [0.5, 0.6) is 0 Å². The maximum atomic E-state index is 5.90. The summed E-state index contributed by atoms with van der Waals surface area (Å²) in [5.41, 5.74) is 2.58. The Hall–Kier alpha value is -1.12. The van der Waals surface area contributed by atoms with Gasteiger partial charge in [0.15, 0.2) is 0 Å². The predicted molar refractivity (Wildman–Crippen MR) is 103 cm³/mol. The van der Waals surface area contributed by atoms with E-state index in [1.54, 1.807) is 0 Å². The Morgan fingerprint density at radius 3 is 2.71 bits per heavy atom. The lowest BCUT2D eigenvalue weighted by atomic mass is 9.96. The molecule has 1 heterocycles. The summed E-state index contributed by atoms with van der Waals surface area (Å²) in [4.78, 5) is 2.72. The Bertz CT molecular complexity index is 484. The summed E-state index contributed by atoms with van der Waals surface area (Å²) in [6.45, 7) is 13.8. The van der Waals surface area contributed by atoms with Gasteiger partial charge in [-0.1, -0.05) is 49.4 Å². The van der Waals surface area contributed by atoms with Gasteiger partial charge in [-0.05, 0) is 64.0 Å². The highest BCUT2D eigenvalue weighted by atomic mass is 16.5. The Morgan fingerprint density at radius 1 is 1.25 bits per heavy atom. The summed E-state index contributed by atoms with van der Waals surface area (Å²) in [5.74, 6) is 0.641. The normalized spacial score (nSPS) is 20.9. The standard InChI is InChI=1S/C22H35NO/c1-18(2)19(3)12-13-20(4)23-15-8-11-22(23)14-16-24-17-21-9-6-5-7-10-21/h5-7,9-10,19-20,22H,1,8,11-17H2,2-4H3/t19?,20?,22-/m0/s1. The van der Waals surface area contributed by atoms with Crippen molar-refractivity contribution in [3.8, 4) is 0 Å². The minimum Gasteiger partial charge on any atom is -0.377 e. The van der Waals surface area contributed by atoms with Crippen molar-refractivity contribution < 1.29 is 4.74 Å². The summed E-state index contributed by atoms with van der Waals surface area (Å²) in [5, 5.41) is 0. The van der Waals surface area contributed by atoms with Gasteiger partial charge in [0.25, 0.3) is 0 Å². The number of allylic oxidation sites excluding steroid dienone is 1. The second-order valence-electron chi connectivity index (χ2n) is 7.53. The molecule has 2 heteroatoms. The first-order valence-corrected chi connectivity index (χ1v) is 9.60. The topological polar surface area (TPSA) is 12.5 Å². The van der Waals surface area contributed by atoms with Crippen molar-refractivity contribution in [2.45, 2.75) is 71.6 Å². The van der Waals surface area contributed by atoms with Crippen molar-refractivity contribution in [2.75, 3.05) is 13.2 Å². The van der Waals surface area contributed by atoms with Crippen molar-refractivity contribution in [1.29, 1.82) is 0 Å². The molecule has 0 N–H and O–H groups in total. The minimum absolute atomic E-state index is 0.641. The van der Waals surface area contributed by atoms with Gasteiger partial charge in [0, 0.05) is 18.7 Å². The molecule has 0 amide bonds. The maximum absolute atomic E-state index is 5.90. The zero-order valence-corrected chi connectivity index (χ0v) is 15.8. The molecule has 1 fully saturated rings. The van der Waals surface area contributed by atoms with Crippen LogP contribution in [0.3, 0.4) is 0 Å². The van der Waals surface area contributed by atoms with Crippen molar-refractivity contribution in [2.24, 2.45) is 5.92 Å². The first-order valence-electron chi connectivity index (χ1n) is 9.60. The number of likely N-dealkylation sites (tertiary alicyclic amines) is 1. The van der Waals surface area contributed by atoms with Crippen molar-refractivity contribution in [3.05, 3.63) is 48.0 Å². The molecule has 1 saturated heterocycles. The smallest absolute Gasteiger partial charge is 0.0716 e. The summed E-state index contributed by atoms with van der Waals surface area (Å²) in [7, 11) is 0. The molecule has 0 saturated carbocycles. The number of benzene rings is 1. The van der Waals surface area contributed by atoms with Gasteiger partial charge >= 0.3 is 0 Å². The molecule has 1 aliphatic rings. The van der Waals surface area contributed by atoms with Gasteiger partial charge in [-0.3, -0.25) is 4.90 Å². The van der Waals surface area contributed by atoms with E-state index in [4.69, 9.17) is 4.74 Å². The van der Waals surface area contributed by atoms with Gasteiger partial charge in [0.05, 0.1) is 6.61 Å². The average molecular weight is 330 g/mol. The van der Waals surface area contributed by atoms with E-state index in [0.717, 1.165) is 19.6 Å². The molecule has 0 spiro atoms. The van der Waals surface area contributed by atoms with E-state index < -0.39 is 0 Å². The fraction of sp³-hybridized carbons (Fsp3) is 0.636. The molecule has 2 rings (SSSR count). The fourth-order valence-corrected chi connectivity index (χ4v) is 3.64. The third kappa shape index (κ3) is 6.07. The third-order valence-corrected chi connectivity index (χ3v) is 5.55. The molecule has 2 unspecified atom stereocenters. The molecule has 3 atom stereocenters. The average Bonchev–Trinajstić information content (AvgIpc) is 3.05. The second kappa shape index (κ2) is 10.0. The van der Waals surface area contributed by atoms with E-state index in [-0.39, 0.29) is 0 Å². The van der Waals surface area contributed by atoms with Crippen LogP contribution in [0.2, 0.25) is 0 Å². The number of ether oxygens (including phenoxy) is 1. The Balaban J connectivity index is 1.69. The molecular formula is C22H35NO. The molecule has 134 valence electrons. The zero-order valence-electron chi connectivity index (χ0n) is 15.8. The van der Waals surface area contributed by atoms with Gasteiger partial charge < -0.3 is 4.74 Å². The summed E-state index contributed by atoms with van der Waals surface area (Å²) in [6.07, 6.45) is 6.35. The van der Waals surface area contributed by atoms with Gasteiger partial charge in [0.2, 0.25) is 0 Å². The summed E-state index contributed by atoms with van der Waals surface area (Å²) >= 11 is 0. The molecule has 1 aromatic carbocycles. The molecule has 0 aromatic heterocycles. The van der Waals surface area contributed by atoms with Crippen LogP contribution in [0.15, 0.2) is 42.5 Å². The minimum atomic E-state index is 0.641. The lowest BCUT2D eigenvalue weighted by Crippen LogP contribution is -2.38. The van der Waals surface area contributed by atoms with Crippen LogP contribution in [-0.4, -0.2) is 30.1 Å². The summed E-state index contributed by atoms with van der Waals surface area (Å²) in [6, 6.07) is 11.8. The Kier molecular flexibility index (Phi) is 8.01. The number of hydrogen-bond donors (Lipinski definition) is 0. The quantitative estimate of drug-likeness (QED) is 0.419. The monoisotopic (exact) mass is 329 g/mol. The van der Waals surface area contributed by atoms with Crippen LogP contribution >= 0.6 is 0 Å². The summed E-state index contributed by atoms with van der Waals surface area (Å²) < 4.78 is 5.90. The number of rotatable bonds is 10. The molecular weight excluding hydrogens is 294 g/mol. The Labute approximate surface area is 148 Å².